The molecule has 0 bridgehead atoms. The molecule has 2 fully saturated rings. The molecule has 1 nitrogen and oxygen atoms in total. The molecule has 1 aromatic carbocycles. The molecule has 0 saturated heterocycles. The monoisotopic (exact) mass is 309 g/mol. The SMILES string of the molecule is CSC1CCCCC1NC1CC(c2cccc(Cl)c2)C1. The van der Waals surface area contributed by atoms with Crippen LogP contribution in [-0.4, -0.2) is 23.6 Å². The van der Waals surface area contributed by atoms with Crippen molar-refractivity contribution in [3.05, 3.63) is 34.9 Å². The second kappa shape index (κ2) is 6.72. The minimum atomic E-state index is 0.711. The van der Waals surface area contributed by atoms with Crippen molar-refractivity contribution in [1.82, 2.24) is 5.32 Å². The Morgan fingerprint density at radius 3 is 2.75 bits per heavy atom. The summed E-state index contributed by atoms with van der Waals surface area (Å²) in [6, 6.07) is 9.85. The van der Waals surface area contributed by atoms with Crippen LogP contribution in [0.1, 0.15) is 50.0 Å². The summed E-state index contributed by atoms with van der Waals surface area (Å²) in [6.07, 6.45) is 10.4. The second-order valence-electron chi connectivity index (χ2n) is 6.25. The first-order valence-corrected chi connectivity index (χ1v) is 9.47. The van der Waals surface area contributed by atoms with E-state index in [9.17, 15) is 0 Å². The van der Waals surface area contributed by atoms with E-state index in [1.54, 1.807) is 0 Å². The number of nitrogens with one attached hydrogen (secondary N) is 1. The van der Waals surface area contributed by atoms with Crippen LogP contribution in [-0.2, 0) is 0 Å². The highest BCUT2D eigenvalue weighted by Crippen LogP contribution is 2.39. The lowest BCUT2D eigenvalue weighted by molar-refractivity contribution is 0.242. The Morgan fingerprint density at radius 2 is 2.00 bits per heavy atom. The Balaban J connectivity index is 1.50. The summed E-state index contributed by atoms with van der Waals surface area (Å²) in [7, 11) is 0. The maximum absolute atomic E-state index is 6.08. The van der Waals surface area contributed by atoms with Gasteiger partial charge in [0.1, 0.15) is 0 Å². The number of hydrogen-bond donors (Lipinski definition) is 1. The molecule has 3 rings (SSSR count). The topological polar surface area (TPSA) is 12.0 Å². The molecule has 110 valence electrons. The Kier molecular flexibility index (Phi) is 4.95. The van der Waals surface area contributed by atoms with Gasteiger partial charge in [-0.2, -0.15) is 11.8 Å². The van der Waals surface area contributed by atoms with Crippen LogP contribution in [0.5, 0.6) is 0 Å². The number of benzene rings is 1. The maximum Gasteiger partial charge on any atom is 0.0408 e. The van der Waals surface area contributed by atoms with Gasteiger partial charge in [0.15, 0.2) is 0 Å². The molecule has 2 aliphatic carbocycles. The molecular weight excluding hydrogens is 286 g/mol. The van der Waals surface area contributed by atoms with Gasteiger partial charge >= 0.3 is 0 Å². The Morgan fingerprint density at radius 1 is 1.20 bits per heavy atom. The van der Waals surface area contributed by atoms with E-state index in [0.29, 0.717) is 5.92 Å². The van der Waals surface area contributed by atoms with Crippen LogP contribution < -0.4 is 5.32 Å². The molecule has 20 heavy (non-hydrogen) atoms. The van der Waals surface area contributed by atoms with Gasteiger partial charge in [-0.15, -0.1) is 0 Å². The molecule has 3 heteroatoms. The molecule has 2 unspecified atom stereocenters. The van der Waals surface area contributed by atoms with Crippen LogP contribution in [0, 0.1) is 0 Å². The van der Waals surface area contributed by atoms with Gasteiger partial charge in [-0.25, -0.2) is 0 Å². The van der Waals surface area contributed by atoms with E-state index in [-0.39, 0.29) is 0 Å². The largest absolute Gasteiger partial charge is 0.310 e. The van der Waals surface area contributed by atoms with E-state index in [1.165, 1.54) is 44.1 Å². The van der Waals surface area contributed by atoms with Gasteiger partial charge in [-0.05, 0) is 55.6 Å². The van der Waals surface area contributed by atoms with Crippen molar-refractivity contribution in [2.24, 2.45) is 0 Å². The summed E-state index contributed by atoms with van der Waals surface area (Å²) >= 11 is 8.13. The van der Waals surface area contributed by atoms with Crippen molar-refractivity contribution in [3.8, 4) is 0 Å². The van der Waals surface area contributed by atoms with E-state index in [1.807, 2.05) is 17.8 Å². The zero-order valence-corrected chi connectivity index (χ0v) is 13.7. The van der Waals surface area contributed by atoms with Gasteiger partial charge in [0, 0.05) is 22.4 Å². The first-order valence-electron chi connectivity index (χ1n) is 7.80. The molecule has 0 radical (unpaired) electrons. The van der Waals surface area contributed by atoms with Gasteiger partial charge in [0.25, 0.3) is 0 Å². The van der Waals surface area contributed by atoms with E-state index < -0.39 is 0 Å². The van der Waals surface area contributed by atoms with E-state index >= 15 is 0 Å². The van der Waals surface area contributed by atoms with Crippen LogP contribution >= 0.6 is 23.4 Å². The molecular formula is C17H24ClNS. The normalized spacial score (nSPS) is 33.7. The van der Waals surface area contributed by atoms with E-state index in [0.717, 1.165) is 22.4 Å². The standard InChI is InChI=1S/C17H24ClNS/c1-20-17-8-3-2-7-16(17)19-15-10-13(11-15)12-5-4-6-14(18)9-12/h4-6,9,13,15-17,19H,2-3,7-8,10-11H2,1H3. The zero-order chi connectivity index (χ0) is 13.9. The third-order valence-electron chi connectivity index (χ3n) is 4.91. The lowest BCUT2D eigenvalue weighted by atomic mass is 9.75. The van der Waals surface area contributed by atoms with Gasteiger partial charge in [0.2, 0.25) is 0 Å². The van der Waals surface area contributed by atoms with Crippen LogP contribution in [0.2, 0.25) is 5.02 Å². The van der Waals surface area contributed by atoms with Crippen LogP contribution in [0.4, 0.5) is 0 Å². The molecule has 1 aromatic rings. The molecule has 0 heterocycles. The summed E-state index contributed by atoms with van der Waals surface area (Å²) in [5, 5.41) is 5.61. The van der Waals surface area contributed by atoms with Gasteiger partial charge in [-0.1, -0.05) is 36.6 Å². The van der Waals surface area contributed by atoms with Crippen molar-refractivity contribution < 1.29 is 0 Å². The van der Waals surface area contributed by atoms with Gasteiger partial charge in [0.05, 0.1) is 0 Å². The molecule has 0 spiro atoms. The highest BCUT2D eigenvalue weighted by molar-refractivity contribution is 7.99. The number of halogens is 1. The molecule has 1 N–H and O–H groups in total. The zero-order valence-electron chi connectivity index (χ0n) is 12.1. The van der Waals surface area contributed by atoms with Crippen molar-refractivity contribution in [2.45, 2.75) is 61.8 Å². The van der Waals surface area contributed by atoms with Crippen molar-refractivity contribution in [1.29, 1.82) is 0 Å². The summed E-state index contributed by atoms with van der Waals surface area (Å²) in [6.45, 7) is 0. The summed E-state index contributed by atoms with van der Waals surface area (Å²) in [4.78, 5) is 0. The van der Waals surface area contributed by atoms with Gasteiger partial charge < -0.3 is 5.32 Å². The summed E-state index contributed by atoms with van der Waals surface area (Å²) in [5.41, 5.74) is 1.42. The summed E-state index contributed by atoms with van der Waals surface area (Å²) in [5.74, 6) is 0.711. The third-order valence-corrected chi connectivity index (χ3v) is 6.32. The Hall–Kier alpha value is -0.180. The summed E-state index contributed by atoms with van der Waals surface area (Å²) < 4.78 is 0. The fraction of sp³-hybridized carbons (Fsp3) is 0.647. The minimum absolute atomic E-state index is 0.711. The number of hydrogen-bond acceptors (Lipinski definition) is 2. The fourth-order valence-corrected chi connectivity index (χ4v) is 4.80. The number of rotatable bonds is 4. The van der Waals surface area contributed by atoms with Gasteiger partial charge in [-0.3, -0.25) is 0 Å². The van der Waals surface area contributed by atoms with Crippen LogP contribution in [0.3, 0.4) is 0 Å². The Bertz CT molecular complexity index is 444. The smallest absolute Gasteiger partial charge is 0.0408 e. The molecule has 0 aliphatic heterocycles. The fourth-order valence-electron chi connectivity index (χ4n) is 3.66. The first-order chi connectivity index (χ1) is 9.76. The average Bonchev–Trinajstić information content (AvgIpc) is 2.42. The molecule has 2 saturated carbocycles. The third kappa shape index (κ3) is 3.35. The van der Waals surface area contributed by atoms with Crippen molar-refractivity contribution >= 4 is 23.4 Å². The molecule has 0 amide bonds. The predicted molar refractivity (Wildman–Crippen MR) is 89.9 cm³/mol. The van der Waals surface area contributed by atoms with E-state index in [4.69, 9.17) is 11.6 Å². The molecule has 0 aromatic heterocycles. The molecule has 2 atom stereocenters. The maximum atomic E-state index is 6.08. The average molecular weight is 310 g/mol. The second-order valence-corrected chi connectivity index (χ2v) is 7.77. The Labute approximate surface area is 131 Å². The van der Waals surface area contributed by atoms with E-state index in [2.05, 4.69) is 29.8 Å². The van der Waals surface area contributed by atoms with Crippen molar-refractivity contribution in [2.75, 3.05) is 6.26 Å². The highest BCUT2D eigenvalue weighted by atomic mass is 35.5. The number of thioether (sulfide) groups is 1. The lowest BCUT2D eigenvalue weighted by Crippen LogP contribution is -2.50. The lowest BCUT2D eigenvalue weighted by Gasteiger charge is -2.42. The van der Waals surface area contributed by atoms with Crippen molar-refractivity contribution in [3.63, 3.8) is 0 Å². The minimum Gasteiger partial charge on any atom is -0.310 e. The highest BCUT2D eigenvalue weighted by Gasteiger charge is 2.34. The quantitative estimate of drug-likeness (QED) is 0.853. The van der Waals surface area contributed by atoms with Crippen LogP contribution in [0.15, 0.2) is 24.3 Å². The molecule has 2 aliphatic rings. The predicted octanol–water partition coefficient (Wildman–Crippen LogP) is 4.85. The van der Waals surface area contributed by atoms with Crippen LogP contribution in [0.25, 0.3) is 0 Å². The first kappa shape index (κ1) is 14.7.